The lowest BCUT2D eigenvalue weighted by Gasteiger charge is -2.48. The van der Waals surface area contributed by atoms with E-state index in [0.29, 0.717) is 30.8 Å². The summed E-state index contributed by atoms with van der Waals surface area (Å²) in [5.74, 6) is -6.30. The molecule has 2 aromatic rings. The van der Waals surface area contributed by atoms with E-state index in [-0.39, 0.29) is 49.4 Å². The van der Waals surface area contributed by atoms with Crippen molar-refractivity contribution < 1.29 is 61.1 Å². The minimum Gasteiger partial charge on any atom is -0.459 e. The predicted molar refractivity (Wildman–Crippen MR) is 246 cm³/mol. The second-order valence-electron chi connectivity index (χ2n) is 19.7. The minimum atomic E-state index is -3.37. The monoisotopic (exact) mass is 961 g/mol. The summed E-state index contributed by atoms with van der Waals surface area (Å²) in [7, 11) is -1.54. The lowest BCUT2D eigenvalue weighted by Crippen LogP contribution is -2.60. The van der Waals surface area contributed by atoms with E-state index in [4.69, 9.17) is 18.9 Å². The Kier molecular flexibility index (Phi) is 18.0. The van der Waals surface area contributed by atoms with Crippen LogP contribution >= 0.6 is 0 Å². The summed E-state index contributed by atoms with van der Waals surface area (Å²) < 4.78 is 65.2. The Hall–Kier alpha value is -3.85. The molecule has 19 heteroatoms. The van der Waals surface area contributed by atoms with Crippen LogP contribution in [0.4, 0.5) is 4.39 Å². The largest absolute Gasteiger partial charge is 0.459 e. The molecule has 0 aliphatic carbocycles. The molecule has 1 aromatic carbocycles. The third kappa shape index (κ3) is 12.9. The van der Waals surface area contributed by atoms with E-state index in [2.05, 4.69) is 15.3 Å². The van der Waals surface area contributed by atoms with Gasteiger partial charge in [-0.05, 0) is 96.4 Å². The molecule has 0 spiro atoms. The number of hydrogen-bond acceptors (Lipinski definition) is 15. The van der Waals surface area contributed by atoms with Gasteiger partial charge < -0.3 is 34.1 Å². The van der Waals surface area contributed by atoms with Gasteiger partial charge in [0.25, 0.3) is 0 Å². The molecule has 4 heterocycles. The van der Waals surface area contributed by atoms with Crippen molar-refractivity contribution in [2.24, 2.45) is 34.6 Å². The third-order valence-corrected chi connectivity index (χ3v) is 15.4. The van der Waals surface area contributed by atoms with Crippen LogP contribution in [0.3, 0.4) is 0 Å². The molecule has 3 aliphatic heterocycles. The van der Waals surface area contributed by atoms with Gasteiger partial charge >= 0.3 is 5.97 Å². The van der Waals surface area contributed by atoms with E-state index < -0.39 is 118 Å². The van der Waals surface area contributed by atoms with Crippen LogP contribution in [-0.4, -0.2) is 149 Å². The molecule has 0 radical (unpaired) electrons. The lowest BCUT2D eigenvalue weighted by atomic mass is 9.68. The number of halogens is 1. The fraction of sp³-hybridized carbons (Fsp3) is 0.729. The number of hydrogen-bond donors (Lipinski definition) is 2. The number of carbonyl (C=O) groups excluding carboxylic acids is 4. The maximum atomic E-state index is 14.5. The molecule has 0 unspecified atom stereocenters. The third-order valence-electron chi connectivity index (χ3n) is 14.3. The summed E-state index contributed by atoms with van der Waals surface area (Å²) in [6.07, 6.45) is -1.00. The summed E-state index contributed by atoms with van der Waals surface area (Å²) in [5, 5.41) is 32.9. The summed E-state index contributed by atoms with van der Waals surface area (Å²) >= 11 is 0. The van der Waals surface area contributed by atoms with Crippen molar-refractivity contribution in [1.82, 2.24) is 19.9 Å². The van der Waals surface area contributed by atoms with Gasteiger partial charge in [0.15, 0.2) is 27.7 Å². The van der Waals surface area contributed by atoms with Gasteiger partial charge in [0.1, 0.15) is 37.0 Å². The number of aliphatic imine (C=N–C) groups is 1. The number of ether oxygens (including phenoxy) is 4. The van der Waals surface area contributed by atoms with Crippen molar-refractivity contribution in [3.05, 3.63) is 41.7 Å². The van der Waals surface area contributed by atoms with Gasteiger partial charge in [-0.3, -0.25) is 19.2 Å². The van der Waals surface area contributed by atoms with Crippen molar-refractivity contribution in [2.45, 2.75) is 166 Å². The highest BCUT2D eigenvalue weighted by molar-refractivity contribution is 7.90. The number of aliphatic hydroxyl groups excluding tert-OH is 1. The van der Waals surface area contributed by atoms with Crippen molar-refractivity contribution in [2.75, 3.05) is 33.1 Å². The van der Waals surface area contributed by atoms with Crippen LogP contribution in [0.15, 0.2) is 40.4 Å². The average molecular weight is 962 g/mol. The van der Waals surface area contributed by atoms with Gasteiger partial charge in [0.2, 0.25) is 5.91 Å². The topological polar surface area (TPSA) is 226 Å². The zero-order valence-electron chi connectivity index (χ0n) is 40.9. The Morgan fingerprint density at radius 3 is 2.39 bits per heavy atom. The Morgan fingerprint density at radius 2 is 1.78 bits per heavy atom. The number of aliphatic hydroxyl groups is 2. The maximum absolute atomic E-state index is 14.5. The van der Waals surface area contributed by atoms with Crippen LogP contribution < -0.4 is 0 Å². The highest BCUT2D eigenvalue weighted by atomic mass is 32.2. The number of cyclic esters (lactones) is 1. The number of fused-ring (bicyclic) bond motifs is 5. The Balaban J connectivity index is 1.43. The molecule has 3 fully saturated rings. The molecule has 2 bridgehead atoms. The SMILES string of the molecule is CC[C@H]1OC(=O)[C@H](C)C(=O)[C@H](C)[C@@H](O[C@@H]2O[C@H](C)C[C@H](N(C)CCc3cn([C@H](CF)Cc4ccc(S(C)(=O)=O)cc4)nn3)[C@H]2O)[C@@]2(C)C[C@@H](C)C(=NC(C)=O)[C@H](C)[C@@H](CCC(=O)CO2)[C@]1(C)O. The van der Waals surface area contributed by atoms with E-state index in [1.165, 1.54) is 30.7 Å². The molecule has 14 atom stereocenters. The quantitative estimate of drug-likeness (QED) is 0.221. The molecule has 67 heavy (non-hydrogen) atoms. The lowest BCUT2D eigenvalue weighted by molar-refractivity contribution is -0.297. The molecule has 1 aromatic heterocycles. The molecule has 5 rings (SSSR count). The number of nitrogens with zero attached hydrogens (tertiary/aromatic N) is 5. The smallest absolute Gasteiger partial charge is 0.316 e. The molecular weight excluding hydrogens is 890 g/mol. The molecular formula is C48H72FN5O12S. The molecule has 374 valence electrons. The van der Waals surface area contributed by atoms with Crippen LogP contribution in [0.2, 0.25) is 0 Å². The van der Waals surface area contributed by atoms with Gasteiger partial charge in [-0.2, -0.15) is 0 Å². The van der Waals surface area contributed by atoms with E-state index in [1.54, 1.807) is 46.0 Å². The Labute approximate surface area is 394 Å². The van der Waals surface area contributed by atoms with E-state index in [1.807, 2.05) is 32.7 Å². The van der Waals surface area contributed by atoms with Crippen LogP contribution in [0.5, 0.6) is 0 Å². The zero-order valence-corrected chi connectivity index (χ0v) is 41.7. The highest BCUT2D eigenvalue weighted by Crippen LogP contribution is 2.42. The van der Waals surface area contributed by atoms with Gasteiger partial charge in [-0.15, -0.1) is 5.10 Å². The zero-order chi connectivity index (χ0) is 49.8. The van der Waals surface area contributed by atoms with Gasteiger partial charge in [-0.1, -0.05) is 45.0 Å². The first-order valence-electron chi connectivity index (χ1n) is 23.5. The molecule has 0 saturated carbocycles. The molecule has 17 nitrogen and oxygen atoms in total. The number of ketones is 2. The van der Waals surface area contributed by atoms with Gasteiger partial charge in [0, 0.05) is 62.4 Å². The number of Topliss-reactive ketones (excluding diaryl/α,β-unsaturated/α-hetero) is 2. The second-order valence-corrected chi connectivity index (χ2v) is 21.7. The fourth-order valence-electron chi connectivity index (χ4n) is 10.4. The second kappa shape index (κ2) is 22.3. The number of likely N-dealkylation sites (N-methyl/N-ethyl adjacent to an activating group) is 1. The number of sulfone groups is 1. The number of rotatable bonds is 12. The first-order chi connectivity index (χ1) is 31.3. The number of amides is 1. The average Bonchev–Trinajstić information content (AvgIpc) is 3.74. The number of esters is 1. The van der Waals surface area contributed by atoms with Crippen molar-refractivity contribution in [1.29, 1.82) is 0 Å². The Bertz CT molecular complexity index is 2200. The molecule has 1 amide bonds. The van der Waals surface area contributed by atoms with E-state index in [9.17, 15) is 42.2 Å². The van der Waals surface area contributed by atoms with Crippen LogP contribution in [0.25, 0.3) is 0 Å². The van der Waals surface area contributed by atoms with Crippen LogP contribution in [-0.2, 0) is 60.8 Å². The summed E-state index contributed by atoms with van der Waals surface area (Å²) in [6, 6.07) is 5.10. The highest BCUT2D eigenvalue weighted by Gasteiger charge is 2.52. The first kappa shape index (κ1) is 54.1. The van der Waals surface area contributed by atoms with Crippen LogP contribution in [0, 0.1) is 29.6 Å². The van der Waals surface area contributed by atoms with Crippen LogP contribution in [0.1, 0.15) is 112 Å². The molecule has 3 aliphatic rings. The van der Waals surface area contributed by atoms with Crippen molar-refractivity contribution in [3.63, 3.8) is 0 Å². The molecule has 3 saturated heterocycles. The molecule has 2 N–H and O–H groups in total. The normalized spacial score (nSPS) is 35.1. The summed E-state index contributed by atoms with van der Waals surface area (Å²) in [4.78, 5) is 61.5. The minimum absolute atomic E-state index is 0.00412. The number of carbonyl (C=O) groups is 4. The predicted octanol–water partition coefficient (Wildman–Crippen LogP) is 4.49. The van der Waals surface area contributed by atoms with Crippen molar-refractivity contribution >= 4 is 39.0 Å². The fourth-order valence-corrected chi connectivity index (χ4v) is 11.0. The summed E-state index contributed by atoms with van der Waals surface area (Å²) in [5.41, 5.74) is -1.38. The van der Waals surface area contributed by atoms with E-state index >= 15 is 0 Å². The maximum Gasteiger partial charge on any atom is 0.316 e. The standard InChI is InChI=1S/C48H72FN5O12S/c1-12-40-48(9,60)38-18-15-36(56)26-63-47(8,23-27(2)41(29(38)4)50-32(7)55)44(30(5)42(57)31(6)45(59)65-40)66-46-43(58)39(21-28(3)64-46)53(10)20-19-34-25-54(52-51-34)35(24-49)22-33-13-16-37(17-14-33)67(11,61)62/h13-14,16-17,25,27-31,35,38-40,43-44,46,58,60H,12,15,18-24,26H2,1-11H3/t27-,28-,29-,30+,31-,35+,38-,39+,40-,43-,44-,46+,47-,48+/m1/s1. The first-order valence-corrected chi connectivity index (χ1v) is 25.4. The Morgan fingerprint density at radius 1 is 1.10 bits per heavy atom. The van der Waals surface area contributed by atoms with Gasteiger partial charge in [0.05, 0.1) is 34.4 Å². The number of benzene rings is 1. The number of aromatic nitrogens is 3. The summed E-state index contributed by atoms with van der Waals surface area (Å²) in [6.45, 7) is 14.3. The number of alkyl halides is 1. The van der Waals surface area contributed by atoms with E-state index in [0.717, 1.165) is 11.8 Å². The van der Waals surface area contributed by atoms with Gasteiger partial charge in [-0.25, -0.2) is 22.5 Å². The van der Waals surface area contributed by atoms with Crippen molar-refractivity contribution in [3.8, 4) is 0 Å².